The zero-order chi connectivity index (χ0) is 21.9. The Morgan fingerprint density at radius 3 is 2.55 bits per heavy atom. The van der Waals surface area contributed by atoms with E-state index in [4.69, 9.17) is 4.99 Å². The number of rotatable bonds is 4. The molecule has 0 spiro atoms. The zero-order valence-electron chi connectivity index (χ0n) is 18.3. The highest BCUT2D eigenvalue weighted by Gasteiger charge is 2.54. The minimum absolute atomic E-state index is 0.199. The normalized spacial score (nSPS) is 23.0. The number of carbonyl (C=O) groups excluding carboxylic acids is 2. The summed E-state index contributed by atoms with van der Waals surface area (Å²) in [6, 6.07) is 13.2. The first-order chi connectivity index (χ1) is 14.9. The van der Waals surface area contributed by atoms with E-state index in [1.54, 1.807) is 11.9 Å². The van der Waals surface area contributed by atoms with Crippen LogP contribution in [0.25, 0.3) is 10.8 Å². The third kappa shape index (κ3) is 2.99. The van der Waals surface area contributed by atoms with Crippen molar-refractivity contribution in [3.8, 4) is 0 Å². The van der Waals surface area contributed by atoms with Gasteiger partial charge in [0.25, 0.3) is 5.91 Å². The van der Waals surface area contributed by atoms with E-state index in [9.17, 15) is 9.59 Å². The molecule has 3 heterocycles. The number of benzene rings is 2. The summed E-state index contributed by atoms with van der Waals surface area (Å²) >= 11 is 0. The molecule has 2 unspecified atom stereocenters. The minimum Gasteiger partial charge on any atom is -0.315 e. The van der Waals surface area contributed by atoms with Crippen molar-refractivity contribution < 1.29 is 9.59 Å². The lowest BCUT2D eigenvalue weighted by molar-refractivity contribution is -0.137. The predicted octanol–water partition coefficient (Wildman–Crippen LogP) is 3.43. The molecular formula is C24H27N5O2. The van der Waals surface area contributed by atoms with Gasteiger partial charge in [-0.3, -0.25) is 9.69 Å². The highest BCUT2D eigenvalue weighted by molar-refractivity contribution is 6.05. The van der Waals surface area contributed by atoms with Crippen LogP contribution in [-0.2, 0) is 11.3 Å². The maximum atomic E-state index is 13.6. The summed E-state index contributed by atoms with van der Waals surface area (Å²) in [6.07, 6.45) is 1.49. The van der Waals surface area contributed by atoms with Crippen molar-refractivity contribution >= 4 is 28.7 Å². The molecule has 0 bridgehead atoms. The Morgan fingerprint density at radius 1 is 1.03 bits per heavy atom. The molecule has 2 aromatic carbocycles. The molecule has 2 atom stereocenters. The Morgan fingerprint density at radius 2 is 1.77 bits per heavy atom. The van der Waals surface area contributed by atoms with E-state index in [0.717, 1.165) is 34.5 Å². The Kier molecular flexibility index (Phi) is 4.50. The van der Waals surface area contributed by atoms with Gasteiger partial charge in [0.2, 0.25) is 5.96 Å². The third-order valence-corrected chi connectivity index (χ3v) is 6.26. The average molecular weight is 418 g/mol. The van der Waals surface area contributed by atoms with Crippen LogP contribution in [-0.4, -0.2) is 63.3 Å². The number of likely N-dealkylation sites (N-methyl/N-ethyl adjacent to an activating group) is 1. The van der Waals surface area contributed by atoms with Crippen molar-refractivity contribution in [2.45, 2.75) is 39.5 Å². The average Bonchev–Trinajstić information content (AvgIpc) is 3.25. The van der Waals surface area contributed by atoms with Gasteiger partial charge in [-0.15, -0.1) is 0 Å². The van der Waals surface area contributed by atoms with Gasteiger partial charge >= 0.3 is 6.03 Å². The maximum absolute atomic E-state index is 13.6. The van der Waals surface area contributed by atoms with Crippen molar-refractivity contribution in [2.24, 2.45) is 10.9 Å². The standard InChI is InChI=1S/C24H27N5O2/c1-15(2)12-27-16(3)13-28-20-21(25-23(27)28)26(4)24(31)29(22(20)30)14-18-10-7-9-17-8-5-6-11-19(17)18/h5-11,13,15,20-21H,12,14H2,1-4H3. The molecule has 0 aliphatic carbocycles. The second-order valence-corrected chi connectivity index (χ2v) is 8.93. The number of aliphatic imine (C=N–C) groups is 1. The lowest BCUT2D eigenvalue weighted by atomic mass is 10.0. The van der Waals surface area contributed by atoms with Gasteiger partial charge in [0.1, 0.15) is 0 Å². The van der Waals surface area contributed by atoms with Gasteiger partial charge in [-0.05, 0) is 29.2 Å². The molecule has 5 rings (SSSR count). The zero-order valence-corrected chi connectivity index (χ0v) is 18.3. The smallest absolute Gasteiger partial charge is 0.315 e. The third-order valence-electron chi connectivity index (χ3n) is 6.26. The van der Waals surface area contributed by atoms with Crippen LogP contribution in [0.15, 0.2) is 59.4 Å². The summed E-state index contributed by atoms with van der Waals surface area (Å²) in [4.78, 5) is 38.6. The molecule has 3 aliphatic heterocycles. The van der Waals surface area contributed by atoms with Crippen LogP contribution in [0.2, 0.25) is 0 Å². The topological polar surface area (TPSA) is 59.5 Å². The molecule has 0 radical (unpaired) electrons. The van der Waals surface area contributed by atoms with Gasteiger partial charge in [-0.1, -0.05) is 56.3 Å². The molecule has 0 N–H and O–H groups in total. The summed E-state index contributed by atoms with van der Waals surface area (Å²) in [5.74, 6) is 1.02. The number of allylic oxidation sites excluding steroid dienone is 1. The summed E-state index contributed by atoms with van der Waals surface area (Å²) < 4.78 is 0. The lowest BCUT2D eigenvalue weighted by Gasteiger charge is -2.40. The van der Waals surface area contributed by atoms with E-state index >= 15 is 0 Å². The van der Waals surface area contributed by atoms with E-state index < -0.39 is 12.2 Å². The maximum Gasteiger partial charge on any atom is 0.328 e. The van der Waals surface area contributed by atoms with Gasteiger partial charge in [0.15, 0.2) is 12.2 Å². The van der Waals surface area contributed by atoms with Gasteiger partial charge in [-0.25, -0.2) is 9.79 Å². The summed E-state index contributed by atoms with van der Waals surface area (Å²) in [7, 11) is 1.73. The van der Waals surface area contributed by atoms with E-state index in [0.29, 0.717) is 5.92 Å². The van der Waals surface area contributed by atoms with E-state index in [1.165, 1.54) is 4.90 Å². The molecule has 1 fully saturated rings. The molecular weight excluding hydrogens is 390 g/mol. The number of guanidine groups is 1. The molecule has 31 heavy (non-hydrogen) atoms. The number of fused-ring (bicyclic) bond motifs is 4. The number of hydrogen-bond donors (Lipinski definition) is 0. The number of urea groups is 1. The summed E-state index contributed by atoms with van der Waals surface area (Å²) in [5.41, 5.74) is 2.03. The van der Waals surface area contributed by atoms with Crippen molar-refractivity contribution in [2.75, 3.05) is 13.6 Å². The first kappa shape index (κ1) is 19.6. The molecule has 3 aliphatic rings. The first-order valence-electron chi connectivity index (χ1n) is 10.7. The first-order valence-corrected chi connectivity index (χ1v) is 10.7. The molecule has 7 nitrogen and oxygen atoms in total. The molecule has 3 amide bonds. The number of amides is 3. The van der Waals surface area contributed by atoms with Crippen LogP contribution in [0.5, 0.6) is 0 Å². The molecule has 0 saturated carbocycles. The van der Waals surface area contributed by atoms with Gasteiger partial charge < -0.3 is 14.7 Å². The quantitative estimate of drug-likeness (QED) is 0.765. The Hall–Kier alpha value is -3.35. The summed E-state index contributed by atoms with van der Waals surface area (Å²) in [6.45, 7) is 7.42. The second kappa shape index (κ2) is 7.11. The Labute approximate surface area is 182 Å². The number of hydrogen-bond acceptors (Lipinski definition) is 5. The van der Waals surface area contributed by atoms with Crippen LogP contribution in [0.1, 0.15) is 26.3 Å². The van der Waals surface area contributed by atoms with E-state index in [2.05, 4.69) is 18.7 Å². The summed E-state index contributed by atoms with van der Waals surface area (Å²) in [5, 5.41) is 2.15. The van der Waals surface area contributed by atoms with E-state index in [1.807, 2.05) is 60.5 Å². The van der Waals surface area contributed by atoms with Crippen LogP contribution in [0.3, 0.4) is 0 Å². The van der Waals surface area contributed by atoms with Gasteiger partial charge in [0.05, 0.1) is 6.54 Å². The molecule has 0 aromatic heterocycles. The van der Waals surface area contributed by atoms with Gasteiger partial charge in [0, 0.05) is 25.5 Å². The van der Waals surface area contributed by atoms with Gasteiger partial charge in [-0.2, -0.15) is 0 Å². The highest BCUT2D eigenvalue weighted by Crippen LogP contribution is 2.35. The molecule has 1 saturated heterocycles. The fourth-order valence-corrected chi connectivity index (χ4v) is 4.74. The molecule has 160 valence electrons. The molecule has 7 heteroatoms. The Balaban J connectivity index is 1.47. The molecule has 2 aromatic rings. The van der Waals surface area contributed by atoms with Crippen LogP contribution in [0.4, 0.5) is 4.79 Å². The van der Waals surface area contributed by atoms with Crippen molar-refractivity contribution in [3.63, 3.8) is 0 Å². The minimum atomic E-state index is -0.528. The van der Waals surface area contributed by atoms with Crippen LogP contribution in [0, 0.1) is 5.92 Å². The predicted molar refractivity (Wildman–Crippen MR) is 120 cm³/mol. The van der Waals surface area contributed by atoms with Crippen LogP contribution >= 0.6 is 0 Å². The lowest BCUT2D eigenvalue weighted by Crippen LogP contribution is -2.63. The largest absolute Gasteiger partial charge is 0.328 e. The highest BCUT2D eigenvalue weighted by atomic mass is 16.2. The SMILES string of the molecule is CC1=CN2C(=NC3C2C(=O)N(Cc2cccc4ccccc24)C(=O)N3C)N1CC(C)C. The van der Waals surface area contributed by atoms with Crippen molar-refractivity contribution in [1.82, 2.24) is 19.6 Å². The monoisotopic (exact) mass is 417 g/mol. The Bertz CT molecular complexity index is 1130. The fraction of sp³-hybridized carbons (Fsp3) is 0.375. The van der Waals surface area contributed by atoms with Crippen molar-refractivity contribution in [3.05, 3.63) is 59.9 Å². The number of nitrogens with zero attached hydrogens (tertiary/aromatic N) is 5. The number of imide groups is 1. The second-order valence-electron chi connectivity index (χ2n) is 8.93. The fourth-order valence-electron chi connectivity index (χ4n) is 4.74. The van der Waals surface area contributed by atoms with E-state index in [-0.39, 0.29) is 18.5 Å². The van der Waals surface area contributed by atoms with Crippen LogP contribution < -0.4 is 0 Å². The number of carbonyl (C=O) groups is 2. The van der Waals surface area contributed by atoms with Crippen molar-refractivity contribution in [1.29, 1.82) is 0 Å².